The van der Waals surface area contributed by atoms with Crippen molar-refractivity contribution in [2.45, 2.75) is 19.3 Å². The highest BCUT2D eigenvalue weighted by atomic mass is 35.5. The molecular weight excluding hydrogens is 278 g/mol. The molecule has 1 fully saturated rings. The maximum Gasteiger partial charge on any atom is 0.223 e. The van der Waals surface area contributed by atoms with Crippen molar-refractivity contribution in [1.29, 1.82) is 0 Å². The second kappa shape index (κ2) is 7.29. The van der Waals surface area contributed by atoms with Gasteiger partial charge >= 0.3 is 0 Å². The van der Waals surface area contributed by atoms with Gasteiger partial charge in [0.1, 0.15) is 5.75 Å². The third-order valence-corrected chi connectivity index (χ3v) is 3.50. The largest absolute Gasteiger partial charge is 0.494 e. The van der Waals surface area contributed by atoms with E-state index in [4.69, 9.17) is 16.3 Å². The van der Waals surface area contributed by atoms with Gasteiger partial charge in [0, 0.05) is 24.4 Å². The van der Waals surface area contributed by atoms with Crippen LogP contribution in [0, 0.1) is 0 Å². The van der Waals surface area contributed by atoms with Gasteiger partial charge in [-0.3, -0.25) is 9.59 Å². The molecule has 1 saturated heterocycles. The van der Waals surface area contributed by atoms with Crippen LogP contribution in [0.5, 0.6) is 5.75 Å². The molecule has 20 heavy (non-hydrogen) atoms. The number of likely N-dealkylation sites (tertiary alicyclic amines) is 1. The van der Waals surface area contributed by atoms with Crippen LogP contribution >= 0.6 is 11.6 Å². The second-order valence-corrected chi connectivity index (χ2v) is 5.14. The Bertz CT molecular complexity index is 473. The van der Waals surface area contributed by atoms with Gasteiger partial charge in [0.2, 0.25) is 5.91 Å². The van der Waals surface area contributed by atoms with E-state index < -0.39 is 0 Å². The van der Waals surface area contributed by atoms with E-state index in [-0.39, 0.29) is 18.2 Å². The standard InChI is InChI=1S/C15H18ClNO3/c16-8-2-10-20-13-6-4-12(5-7-13)14(18)11-17-9-1-3-15(17)19/h4-7H,1-3,8-11H2. The molecular formula is C15H18ClNO3. The summed E-state index contributed by atoms with van der Waals surface area (Å²) in [6.45, 7) is 1.43. The number of ether oxygens (including phenoxy) is 1. The molecule has 0 atom stereocenters. The number of hydrogen-bond acceptors (Lipinski definition) is 3. The van der Waals surface area contributed by atoms with E-state index in [9.17, 15) is 9.59 Å². The molecule has 1 heterocycles. The minimum absolute atomic E-state index is 0.0347. The quantitative estimate of drug-likeness (QED) is 0.441. The van der Waals surface area contributed by atoms with E-state index in [0.717, 1.165) is 18.6 Å². The first-order valence-electron chi connectivity index (χ1n) is 6.80. The lowest BCUT2D eigenvalue weighted by molar-refractivity contribution is -0.127. The molecule has 1 amide bonds. The highest BCUT2D eigenvalue weighted by molar-refractivity contribution is 6.17. The van der Waals surface area contributed by atoms with E-state index in [1.165, 1.54) is 0 Å². The van der Waals surface area contributed by atoms with Crippen LogP contribution in [-0.2, 0) is 4.79 Å². The number of ketones is 1. The predicted molar refractivity (Wildman–Crippen MR) is 77.4 cm³/mol. The number of rotatable bonds is 7. The van der Waals surface area contributed by atoms with Crippen molar-refractivity contribution >= 4 is 23.3 Å². The molecule has 0 aromatic heterocycles. The van der Waals surface area contributed by atoms with Gasteiger partial charge in [-0.15, -0.1) is 11.6 Å². The van der Waals surface area contributed by atoms with E-state index >= 15 is 0 Å². The molecule has 0 radical (unpaired) electrons. The van der Waals surface area contributed by atoms with Crippen LogP contribution in [-0.4, -0.2) is 42.2 Å². The van der Waals surface area contributed by atoms with E-state index in [0.29, 0.717) is 31.0 Å². The Morgan fingerprint density at radius 3 is 2.65 bits per heavy atom. The average Bonchev–Trinajstić information content (AvgIpc) is 2.85. The number of amides is 1. The van der Waals surface area contributed by atoms with E-state index in [2.05, 4.69) is 0 Å². The van der Waals surface area contributed by atoms with Crippen molar-refractivity contribution in [3.63, 3.8) is 0 Å². The van der Waals surface area contributed by atoms with Gasteiger partial charge in [0.05, 0.1) is 13.2 Å². The lowest BCUT2D eigenvalue weighted by Gasteiger charge is -2.14. The number of benzene rings is 1. The number of carbonyl (C=O) groups excluding carboxylic acids is 2. The Balaban J connectivity index is 1.88. The normalized spacial score (nSPS) is 14.7. The average molecular weight is 296 g/mol. The van der Waals surface area contributed by atoms with Crippen LogP contribution < -0.4 is 4.74 Å². The summed E-state index contributed by atoms with van der Waals surface area (Å²) in [6.07, 6.45) is 2.19. The summed E-state index contributed by atoms with van der Waals surface area (Å²) in [5.74, 6) is 1.33. The fraction of sp³-hybridized carbons (Fsp3) is 0.467. The number of alkyl halides is 1. The molecule has 1 aromatic carbocycles. The Kier molecular flexibility index (Phi) is 5.41. The highest BCUT2D eigenvalue weighted by Crippen LogP contribution is 2.15. The maximum atomic E-state index is 12.1. The first-order chi connectivity index (χ1) is 9.70. The maximum absolute atomic E-state index is 12.1. The minimum atomic E-state index is -0.0347. The molecule has 108 valence electrons. The van der Waals surface area contributed by atoms with Crippen molar-refractivity contribution in [3.8, 4) is 5.75 Å². The van der Waals surface area contributed by atoms with Gasteiger partial charge in [-0.1, -0.05) is 0 Å². The van der Waals surface area contributed by atoms with Gasteiger partial charge in [0.15, 0.2) is 5.78 Å². The Morgan fingerprint density at radius 1 is 1.30 bits per heavy atom. The van der Waals surface area contributed by atoms with Crippen LogP contribution in [0.1, 0.15) is 29.6 Å². The van der Waals surface area contributed by atoms with Crippen molar-refractivity contribution < 1.29 is 14.3 Å². The summed E-state index contributed by atoms with van der Waals surface area (Å²) in [5.41, 5.74) is 0.606. The fourth-order valence-electron chi connectivity index (χ4n) is 2.12. The molecule has 1 aliphatic rings. The van der Waals surface area contributed by atoms with Crippen LogP contribution in [0.25, 0.3) is 0 Å². The first-order valence-corrected chi connectivity index (χ1v) is 7.34. The summed E-state index contributed by atoms with van der Waals surface area (Å²) in [7, 11) is 0. The SMILES string of the molecule is O=C(CN1CCCC1=O)c1ccc(OCCCCl)cc1. The predicted octanol–water partition coefficient (Wildman–Crippen LogP) is 2.50. The lowest BCUT2D eigenvalue weighted by Crippen LogP contribution is -2.30. The van der Waals surface area contributed by atoms with Gasteiger partial charge < -0.3 is 9.64 Å². The van der Waals surface area contributed by atoms with E-state index in [1.54, 1.807) is 29.2 Å². The Morgan fingerprint density at radius 2 is 2.05 bits per heavy atom. The molecule has 0 bridgehead atoms. The third-order valence-electron chi connectivity index (χ3n) is 3.23. The number of Topliss-reactive ketones (excluding diaryl/α,β-unsaturated/α-hetero) is 1. The summed E-state index contributed by atoms with van der Waals surface area (Å²) in [4.78, 5) is 25.2. The molecule has 4 nitrogen and oxygen atoms in total. The number of hydrogen-bond donors (Lipinski definition) is 0. The summed E-state index contributed by atoms with van der Waals surface area (Å²) >= 11 is 5.57. The Labute approximate surface area is 123 Å². The molecule has 0 saturated carbocycles. The van der Waals surface area contributed by atoms with Gasteiger partial charge in [-0.25, -0.2) is 0 Å². The van der Waals surface area contributed by atoms with Crippen molar-refractivity contribution in [2.24, 2.45) is 0 Å². The third kappa shape index (κ3) is 3.97. The molecule has 2 rings (SSSR count). The van der Waals surface area contributed by atoms with Crippen LogP contribution in [0.2, 0.25) is 0 Å². The summed E-state index contributed by atoms with van der Waals surface area (Å²) < 4.78 is 5.47. The van der Waals surface area contributed by atoms with Crippen LogP contribution in [0.15, 0.2) is 24.3 Å². The first kappa shape index (κ1) is 14.9. The minimum Gasteiger partial charge on any atom is -0.494 e. The number of halogens is 1. The van der Waals surface area contributed by atoms with Crippen molar-refractivity contribution in [2.75, 3.05) is 25.6 Å². The molecule has 1 aliphatic heterocycles. The number of nitrogens with zero attached hydrogens (tertiary/aromatic N) is 1. The summed E-state index contributed by atoms with van der Waals surface area (Å²) in [5, 5.41) is 0. The number of carbonyl (C=O) groups is 2. The van der Waals surface area contributed by atoms with Gasteiger partial charge in [0.25, 0.3) is 0 Å². The van der Waals surface area contributed by atoms with Crippen molar-refractivity contribution in [1.82, 2.24) is 4.90 Å². The van der Waals surface area contributed by atoms with E-state index in [1.807, 2.05) is 0 Å². The zero-order valence-electron chi connectivity index (χ0n) is 11.3. The van der Waals surface area contributed by atoms with Crippen LogP contribution in [0.4, 0.5) is 0 Å². The monoisotopic (exact) mass is 295 g/mol. The molecule has 0 N–H and O–H groups in total. The van der Waals surface area contributed by atoms with Gasteiger partial charge in [-0.05, 0) is 37.1 Å². The molecule has 5 heteroatoms. The fourth-order valence-corrected chi connectivity index (χ4v) is 2.23. The van der Waals surface area contributed by atoms with Crippen molar-refractivity contribution in [3.05, 3.63) is 29.8 Å². The second-order valence-electron chi connectivity index (χ2n) is 4.76. The zero-order valence-corrected chi connectivity index (χ0v) is 12.1. The lowest BCUT2D eigenvalue weighted by atomic mass is 10.1. The summed E-state index contributed by atoms with van der Waals surface area (Å²) in [6, 6.07) is 7.01. The highest BCUT2D eigenvalue weighted by Gasteiger charge is 2.22. The molecule has 0 aliphatic carbocycles. The molecule has 1 aromatic rings. The van der Waals surface area contributed by atoms with Gasteiger partial charge in [-0.2, -0.15) is 0 Å². The molecule has 0 unspecified atom stereocenters. The zero-order chi connectivity index (χ0) is 14.4. The smallest absolute Gasteiger partial charge is 0.223 e. The topological polar surface area (TPSA) is 46.6 Å². The van der Waals surface area contributed by atoms with Crippen LogP contribution in [0.3, 0.4) is 0 Å². The Hall–Kier alpha value is -1.55. The molecule has 0 spiro atoms.